The molecule has 0 heterocycles. The molecule has 0 unspecified atom stereocenters. The van der Waals surface area contributed by atoms with Gasteiger partial charge in [-0.1, -0.05) is 23.8 Å². The number of halogens is 1. The van der Waals surface area contributed by atoms with E-state index in [1.165, 1.54) is 31.3 Å². The van der Waals surface area contributed by atoms with Crippen LogP contribution < -0.4 is 0 Å². The van der Waals surface area contributed by atoms with Crippen LogP contribution in [-0.4, -0.2) is 6.67 Å². The van der Waals surface area contributed by atoms with Crippen LogP contribution in [-0.2, 0) is 0 Å². The molecule has 0 N–H and O–H groups in total. The predicted molar refractivity (Wildman–Crippen MR) is 50.9 cm³/mol. The van der Waals surface area contributed by atoms with Crippen LogP contribution in [0.5, 0.6) is 0 Å². The number of hydrogen-bond acceptors (Lipinski definition) is 0. The quantitative estimate of drug-likeness (QED) is 0.601. The summed E-state index contributed by atoms with van der Waals surface area (Å²) in [5.41, 5.74) is 1.33. The van der Waals surface area contributed by atoms with Crippen LogP contribution in [0.4, 0.5) is 4.39 Å². The molecular weight excluding hydrogens is 151 g/mol. The first-order valence-electron chi connectivity index (χ1n) is 4.85. The Hall–Kier alpha value is -0.590. The molecule has 0 amide bonds. The van der Waals surface area contributed by atoms with Gasteiger partial charge in [0.05, 0.1) is 6.67 Å². The molecule has 0 aliphatic heterocycles. The van der Waals surface area contributed by atoms with E-state index in [0.29, 0.717) is 6.42 Å². The van der Waals surface area contributed by atoms with Crippen molar-refractivity contribution >= 4 is 0 Å². The Morgan fingerprint density at radius 3 is 2.92 bits per heavy atom. The molecule has 0 fully saturated rings. The van der Waals surface area contributed by atoms with E-state index in [1.54, 1.807) is 0 Å². The highest BCUT2D eigenvalue weighted by Crippen LogP contribution is 2.14. The van der Waals surface area contributed by atoms with Crippen LogP contribution in [0.15, 0.2) is 23.8 Å². The standard InChI is InChI=1S/C11H17F/c12-10-6-9-11-7-4-2-1-3-5-8-11/h4,7-8H,1-3,5-6,9-10H2/b7-4-,11-8+. The molecule has 0 atom stereocenters. The second-order valence-corrected chi connectivity index (χ2v) is 3.26. The van der Waals surface area contributed by atoms with Crippen molar-refractivity contribution in [2.45, 2.75) is 38.5 Å². The van der Waals surface area contributed by atoms with Gasteiger partial charge < -0.3 is 0 Å². The first-order chi connectivity index (χ1) is 5.93. The fourth-order valence-corrected chi connectivity index (χ4v) is 1.45. The number of rotatable bonds is 3. The van der Waals surface area contributed by atoms with Crippen molar-refractivity contribution < 1.29 is 4.39 Å². The van der Waals surface area contributed by atoms with Crippen LogP contribution in [0, 0.1) is 0 Å². The smallest absolute Gasteiger partial charge is 0.0897 e. The van der Waals surface area contributed by atoms with E-state index >= 15 is 0 Å². The van der Waals surface area contributed by atoms with Crippen molar-refractivity contribution in [2.24, 2.45) is 0 Å². The Labute approximate surface area is 74.2 Å². The molecule has 0 nitrogen and oxygen atoms in total. The van der Waals surface area contributed by atoms with Gasteiger partial charge >= 0.3 is 0 Å². The monoisotopic (exact) mass is 168 g/mol. The van der Waals surface area contributed by atoms with Gasteiger partial charge in [-0.05, 0) is 38.5 Å². The maximum Gasteiger partial charge on any atom is 0.0897 e. The lowest BCUT2D eigenvalue weighted by atomic mass is 10.0. The van der Waals surface area contributed by atoms with Crippen LogP contribution in [0.1, 0.15) is 38.5 Å². The Kier molecular flexibility index (Phi) is 4.74. The fraction of sp³-hybridized carbons (Fsp3) is 0.636. The van der Waals surface area contributed by atoms with Crippen LogP contribution >= 0.6 is 0 Å². The summed E-state index contributed by atoms with van der Waals surface area (Å²) in [6.45, 7) is -0.189. The van der Waals surface area contributed by atoms with Crippen molar-refractivity contribution in [1.82, 2.24) is 0 Å². The van der Waals surface area contributed by atoms with E-state index in [4.69, 9.17) is 0 Å². The summed E-state index contributed by atoms with van der Waals surface area (Å²) in [7, 11) is 0. The topological polar surface area (TPSA) is 0 Å². The molecule has 0 aromatic carbocycles. The number of alkyl halides is 1. The maximum absolute atomic E-state index is 11.9. The third kappa shape index (κ3) is 3.70. The van der Waals surface area contributed by atoms with Gasteiger partial charge in [-0.3, -0.25) is 4.39 Å². The lowest BCUT2D eigenvalue weighted by Gasteiger charge is -2.04. The Balaban J connectivity index is 2.36. The lowest BCUT2D eigenvalue weighted by Crippen LogP contribution is -1.86. The first-order valence-corrected chi connectivity index (χ1v) is 4.85. The van der Waals surface area contributed by atoms with Crippen molar-refractivity contribution in [3.63, 3.8) is 0 Å². The van der Waals surface area contributed by atoms with Gasteiger partial charge in [0.2, 0.25) is 0 Å². The average molecular weight is 168 g/mol. The molecule has 68 valence electrons. The molecule has 0 bridgehead atoms. The summed E-state index contributed by atoms with van der Waals surface area (Å²) in [6, 6.07) is 0. The van der Waals surface area contributed by atoms with Crippen LogP contribution in [0.3, 0.4) is 0 Å². The summed E-state index contributed by atoms with van der Waals surface area (Å²) in [5.74, 6) is 0. The highest BCUT2D eigenvalue weighted by Gasteiger charge is 1.96. The molecular formula is C11H17F. The van der Waals surface area contributed by atoms with Crippen molar-refractivity contribution in [3.05, 3.63) is 23.8 Å². The highest BCUT2D eigenvalue weighted by atomic mass is 19.1. The van der Waals surface area contributed by atoms with Gasteiger partial charge in [0.15, 0.2) is 0 Å². The zero-order valence-corrected chi connectivity index (χ0v) is 7.56. The molecule has 0 radical (unpaired) electrons. The van der Waals surface area contributed by atoms with Gasteiger partial charge in [0.1, 0.15) is 0 Å². The Morgan fingerprint density at radius 1 is 1.25 bits per heavy atom. The largest absolute Gasteiger partial charge is 0.251 e. The van der Waals surface area contributed by atoms with E-state index in [9.17, 15) is 4.39 Å². The molecule has 1 aliphatic carbocycles. The number of allylic oxidation sites excluding steroid dienone is 4. The summed E-state index contributed by atoms with van der Waals surface area (Å²) < 4.78 is 11.9. The summed E-state index contributed by atoms with van der Waals surface area (Å²) in [6.07, 6.45) is 13.2. The second-order valence-electron chi connectivity index (χ2n) is 3.26. The van der Waals surface area contributed by atoms with E-state index in [1.807, 2.05) is 0 Å². The zero-order chi connectivity index (χ0) is 8.65. The van der Waals surface area contributed by atoms with Crippen molar-refractivity contribution in [1.29, 1.82) is 0 Å². The maximum atomic E-state index is 11.9. The molecule has 1 aliphatic rings. The van der Waals surface area contributed by atoms with E-state index in [-0.39, 0.29) is 6.67 Å². The van der Waals surface area contributed by atoms with Crippen molar-refractivity contribution in [3.8, 4) is 0 Å². The molecule has 0 saturated heterocycles. The van der Waals surface area contributed by atoms with Gasteiger partial charge in [0.25, 0.3) is 0 Å². The predicted octanol–water partition coefficient (Wildman–Crippen LogP) is 3.79. The normalized spacial score (nSPS) is 25.2. The Morgan fingerprint density at radius 2 is 2.08 bits per heavy atom. The molecule has 0 aromatic heterocycles. The SMILES string of the molecule is FCCCC1=C/CCCC/C=C\1. The third-order valence-electron chi connectivity index (χ3n) is 2.16. The van der Waals surface area contributed by atoms with E-state index in [2.05, 4.69) is 18.2 Å². The summed E-state index contributed by atoms with van der Waals surface area (Å²) >= 11 is 0. The van der Waals surface area contributed by atoms with Crippen LogP contribution in [0.2, 0.25) is 0 Å². The minimum atomic E-state index is -0.189. The summed E-state index contributed by atoms with van der Waals surface area (Å²) in [5, 5.41) is 0. The average Bonchev–Trinajstić information content (AvgIpc) is 2.02. The minimum absolute atomic E-state index is 0.189. The third-order valence-corrected chi connectivity index (χ3v) is 2.16. The first kappa shape index (κ1) is 9.50. The minimum Gasteiger partial charge on any atom is -0.251 e. The molecule has 0 aromatic rings. The van der Waals surface area contributed by atoms with Gasteiger partial charge in [0, 0.05) is 0 Å². The van der Waals surface area contributed by atoms with Gasteiger partial charge in [-0.15, -0.1) is 0 Å². The molecule has 12 heavy (non-hydrogen) atoms. The number of hydrogen-bond donors (Lipinski definition) is 0. The second kappa shape index (κ2) is 5.99. The molecule has 0 spiro atoms. The Bertz CT molecular complexity index is 168. The van der Waals surface area contributed by atoms with Gasteiger partial charge in [-0.25, -0.2) is 0 Å². The van der Waals surface area contributed by atoms with E-state index in [0.717, 1.165) is 6.42 Å². The molecule has 1 heteroatoms. The highest BCUT2D eigenvalue weighted by molar-refractivity contribution is 5.19. The lowest BCUT2D eigenvalue weighted by molar-refractivity contribution is 0.473. The zero-order valence-electron chi connectivity index (χ0n) is 7.56. The fourth-order valence-electron chi connectivity index (χ4n) is 1.45. The van der Waals surface area contributed by atoms with Gasteiger partial charge in [-0.2, -0.15) is 0 Å². The molecule has 1 rings (SSSR count). The summed E-state index contributed by atoms with van der Waals surface area (Å²) in [4.78, 5) is 0. The van der Waals surface area contributed by atoms with E-state index < -0.39 is 0 Å². The van der Waals surface area contributed by atoms with Crippen LogP contribution in [0.25, 0.3) is 0 Å². The van der Waals surface area contributed by atoms with Crippen molar-refractivity contribution in [2.75, 3.05) is 6.67 Å². The molecule has 0 saturated carbocycles.